The highest BCUT2D eigenvalue weighted by Gasteiger charge is 2.58. The zero-order chi connectivity index (χ0) is 32.9. The normalized spacial score (nSPS) is 24.7. The van der Waals surface area contributed by atoms with Gasteiger partial charge < -0.3 is 27.2 Å². The van der Waals surface area contributed by atoms with Gasteiger partial charge in [-0.25, -0.2) is 4.79 Å². The number of nitrogens with zero attached hydrogens (tertiary/aromatic N) is 2. The number of rotatable bonds is 12. The van der Waals surface area contributed by atoms with E-state index in [1.165, 1.54) is 20.2 Å². The molecule has 0 aliphatic carbocycles. The van der Waals surface area contributed by atoms with E-state index in [4.69, 9.17) is 27.2 Å². The van der Waals surface area contributed by atoms with Gasteiger partial charge in [0.05, 0.1) is 17.6 Å². The van der Waals surface area contributed by atoms with Crippen molar-refractivity contribution in [2.45, 2.75) is 136 Å². The highest BCUT2D eigenvalue weighted by atomic mass is 28.5. The second kappa shape index (κ2) is 15.0. The third kappa shape index (κ3) is 8.18. The monoisotopic (exact) mass is 657 g/mol. The minimum Gasteiger partial charge on any atom is -0.457 e. The quantitative estimate of drug-likeness (QED) is 0.235. The molecule has 2 fully saturated rings. The Labute approximate surface area is 262 Å². The highest BCUT2D eigenvalue weighted by molar-refractivity contribution is 6.81. The van der Waals surface area contributed by atoms with Crippen LogP contribution in [0.4, 0.5) is 0 Å². The second-order valence-corrected chi connectivity index (χ2v) is 20.0. The fourth-order valence-corrected chi connectivity index (χ4v) is 16.2. The Morgan fingerprint density at radius 2 is 1.55 bits per heavy atom. The van der Waals surface area contributed by atoms with Crippen LogP contribution in [0, 0.1) is 5.41 Å². The summed E-state index contributed by atoms with van der Waals surface area (Å²) in [6.45, 7) is 14.7. The van der Waals surface area contributed by atoms with Gasteiger partial charge in [-0.2, -0.15) is 0 Å². The zero-order valence-corrected chi connectivity index (χ0v) is 29.9. The number of carbonyl (C=O) groups excluding carboxylic acids is 2. The van der Waals surface area contributed by atoms with Gasteiger partial charge in [-0.3, -0.25) is 23.5 Å². The molecule has 2 aliphatic heterocycles. The minimum atomic E-state index is -2.90. The fraction of sp³-hybridized carbons (Fsp3) is 0.800. The number of ether oxygens (including phenoxy) is 3. The molecule has 0 radical (unpaired) electrons. The van der Waals surface area contributed by atoms with E-state index in [2.05, 4.69) is 27.7 Å². The summed E-state index contributed by atoms with van der Waals surface area (Å²) in [6.07, 6.45) is 1.44. The van der Waals surface area contributed by atoms with Crippen LogP contribution in [-0.4, -0.2) is 63.1 Å². The maximum atomic E-state index is 13.5. The molecule has 2 saturated heterocycles. The molecule has 0 aromatic carbocycles. The van der Waals surface area contributed by atoms with Crippen molar-refractivity contribution in [3.05, 3.63) is 32.6 Å². The predicted molar refractivity (Wildman–Crippen MR) is 168 cm³/mol. The van der Waals surface area contributed by atoms with E-state index in [9.17, 15) is 19.2 Å². The number of aromatic nitrogens is 2. The molecular formula is C30H52N2O10Si2. The van der Waals surface area contributed by atoms with Crippen LogP contribution in [0.15, 0.2) is 15.8 Å². The molecule has 44 heavy (non-hydrogen) atoms. The summed E-state index contributed by atoms with van der Waals surface area (Å²) in [6, 6.07) is 3.16. The number of hydrogen-bond acceptors (Lipinski definition) is 10. The summed E-state index contributed by atoms with van der Waals surface area (Å²) >= 11 is 0. The van der Waals surface area contributed by atoms with E-state index < -0.39 is 76.9 Å². The first-order valence-corrected chi connectivity index (χ1v) is 20.4. The van der Waals surface area contributed by atoms with Gasteiger partial charge in [0.1, 0.15) is 18.3 Å². The molecular weight excluding hydrogens is 605 g/mol. The number of esters is 2. The van der Waals surface area contributed by atoms with Crippen LogP contribution in [0.1, 0.15) is 92.7 Å². The molecule has 250 valence electrons. The largest absolute Gasteiger partial charge is 0.457 e. The number of carbonyl (C=O) groups is 2. The summed E-state index contributed by atoms with van der Waals surface area (Å²) in [7, 11) is -4.23. The lowest BCUT2D eigenvalue weighted by Crippen LogP contribution is -2.61. The van der Waals surface area contributed by atoms with Gasteiger partial charge in [-0.05, 0) is 44.9 Å². The highest BCUT2D eigenvalue weighted by Crippen LogP contribution is 2.43. The van der Waals surface area contributed by atoms with Crippen molar-refractivity contribution in [3.8, 4) is 0 Å². The Morgan fingerprint density at radius 1 is 0.977 bits per heavy atom. The van der Waals surface area contributed by atoms with E-state index in [1.54, 1.807) is 20.8 Å². The lowest BCUT2D eigenvalue weighted by Gasteiger charge is -2.45. The zero-order valence-electron chi connectivity index (χ0n) is 27.9. The molecule has 1 aromatic rings. The first-order chi connectivity index (χ1) is 20.7. The molecule has 0 saturated carbocycles. The summed E-state index contributed by atoms with van der Waals surface area (Å²) in [5.74, 6) is -1.06. The first-order valence-electron chi connectivity index (χ1n) is 16.0. The van der Waals surface area contributed by atoms with Crippen LogP contribution < -0.4 is 11.2 Å². The third-order valence-electron chi connectivity index (χ3n) is 8.00. The molecule has 4 atom stereocenters. The summed E-state index contributed by atoms with van der Waals surface area (Å²) in [5.41, 5.74) is -1.96. The Morgan fingerprint density at radius 3 is 2.07 bits per heavy atom. The molecule has 3 rings (SSSR count). The van der Waals surface area contributed by atoms with Crippen molar-refractivity contribution in [1.29, 1.82) is 0 Å². The van der Waals surface area contributed by atoms with Crippen molar-refractivity contribution in [2.24, 2.45) is 12.5 Å². The fourth-order valence-electron chi connectivity index (χ4n) is 6.07. The molecule has 1 aromatic heterocycles. The summed E-state index contributed by atoms with van der Waals surface area (Å²) in [5, 5.41) is 0. The van der Waals surface area contributed by atoms with Gasteiger partial charge in [0, 0.05) is 20.2 Å². The van der Waals surface area contributed by atoms with Crippen LogP contribution in [0.25, 0.3) is 0 Å². The molecule has 12 nitrogen and oxygen atoms in total. The molecule has 0 amide bonds. The Bertz CT molecular complexity index is 1260. The average Bonchev–Trinajstić information content (AvgIpc) is 3.24. The number of hydrogen-bond donors (Lipinski definition) is 0. The first kappa shape index (κ1) is 36.4. The van der Waals surface area contributed by atoms with Crippen molar-refractivity contribution in [2.75, 3.05) is 6.61 Å². The summed E-state index contributed by atoms with van der Waals surface area (Å²) in [4.78, 5) is 51.4. The van der Waals surface area contributed by atoms with E-state index in [1.807, 2.05) is 0 Å². The Kier molecular flexibility index (Phi) is 12.4. The van der Waals surface area contributed by atoms with E-state index in [0.29, 0.717) is 0 Å². The maximum absolute atomic E-state index is 13.5. The van der Waals surface area contributed by atoms with Gasteiger partial charge in [0.25, 0.3) is 5.56 Å². The lowest BCUT2D eigenvalue weighted by molar-refractivity contribution is -0.157. The van der Waals surface area contributed by atoms with Crippen LogP contribution >= 0.6 is 0 Å². The summed E-state index contributed by atoms with van der Waals surface area (Å²) < 4.78 is 40.8. The van der Waals surface area contributed by atoms with Crippen LogP contribution in [0.5, 0.6) is 0 Å². The SMILES string of the molecule is CCC[Si]1(CCC)OC[C@H]2O[C@@H](c3cn(COC(=O)C(C)(C)C)c(=O)[15n](C)c3=O)[C@H](OC(C)=O)[C@@H]2O[Si](CCC)(CCC)O1. The van der Waals surface area contributed by atoms with Gasteiger partial charge in [-0.1, -0.05) is 53.4 Å². The molecule has 14 heteroatoms. The average molecular weight is 658 g/mol. The molecule has 2 aliphatic rings. The Hall–Kier alpha value is -2.11. The third-order valence-corrected chi connectivity index (χ3v) is 17.4. The Balaban J connectivity index is 2.12. The van der Waals surface area contributed by atoms with Crippen molar-refractivity contribution in [3.63, 3.8) is 0 Å². The van der Waals surface area contributed by atoms with Gasteiger partial charge in [0.2, 0.25) is 0 Å². The van der Waals surface area contributed by atoms with Crippen LogP contribution in [-0.2, 0) is 50.5 Å². The maximum Gasteiger partial charge on any atom is 0.333 e. The van der Waals surface area contributed by atoms with Crippen molar-refractivity contribution >= 4 is 29.1 Å². The molecule has 0 unspecified atom stereocenters. The molecule has 3 heterocycles. The molecule has 0 spiro atoms. The van der Waals surface area contributed by atoms with Crippen LogP contribution in [0.3, 0.4) is 0 Å². The topological polar surface area (TPSA) is 134 Å². The number of fused-ring (bicyclic) bond motifs is 1. The lowest BCUT2D eigenvalue weighted by atomic mass is 9.98. The second-order valence-electron chi connectivity index (χ2n) is 13.0. The minimum absolute atomic E-state index is 0.0882. The van der Waals surface area contributed by atoms with E-state index in [0.717, 1.165) is 59.0 Å². The van der Waals surface area contributed by atoms with Crippen LogP contribution in [0.2, 0.25) is 24.2 Å². The smallest absolute Gasteiger partial charge is 0.333 e. The standard InChI is InChI=1S/C30H52N2O10Si2/c1-10-14-43(15-11-2)38-19-23-25(41-44(42-43,16-12-3)17-13-4)26(39-21(5)33)24(40-23)22-18-32(29(36)31(9)27(22)34)20-37-28(35)30(6,7)8/h18,23-26H,10-17,19-20H2,1-9H3/t23-,24+,25-,26+/m1/s1/i31+1. The predicted octanol–water partition coefficient (Wildman–Crippen LogP) is 4.42. The van der Waals surface area contributed by atoms with Gasteiger partial charge in [0.15, 0.2) is 12.8 Å². The molecule has 0 N–H and O–H groups in total. The van der Waals surface area contributed by atoms with Gasteiger partial charge in [-0.15, -0.1) is 0 Å². The van der Waals surface area contributed by atoms with Crippen molar-refractivity contribution < 1.29 is 36.8 Å². The van der Waals surface area contributed by atoms with Crippen molar-refractivity contribution in [1.82, 2.24) is 9.13 Å². The van der Waals surface area contributed by atoms with Gasteiger partial charge >= 0.3 is 34.8 Å². The van der Waals surface area contributed by atoms with E-state index >= 15 is 0 Å². The van der Waals surface area contributed by atoms with E-state index in [-0.39, 0.29) is 12.2 Å². The molecule has 0 bridgehead atoms.